The van der Waals surface area contributed by atoms with Gasteiger partial charge < -0.3 is 19.5 Å². The van der Waals surface area contributed by atoms with Gasteiger partial charge in [-0.15, -0.1) is 0 Å². The van der Waals surface area contributed by atoms with Crippen LogP contribution in [-0.2, 0) is 4.79 Å². The summed E-state index contributed by atoms with van der Waals surface area (Å²) in [4.78, 5) is 13.0. The highest BCUT2D eigenvalue weighted by Gasteiger charge is 2.23. The first-order valence-electron chi connectivity index (χ1n) is 6.26. The maximum absolute atomic E-state index is 11.2. The molecule has 19 heavy (non-hydrogen) atoms. The van der Waals surface area contributed by atoms with E-state index in [0.29, 0.717) is 18.0 Å². The molecule has 0 amide bonds. The minimum atomic E-state index is -0.855. The maximum atomic E-state index is 11.2. The van der Waals surface area contributed by atoms with Crippen molar-refractivity contribution in [1.82, 2.24) is 0 Å². The lowest BCUT2D eigenvalue weighted by atomic mass is 10.2. The molecule has 1 aromatic rings. The summed E-state index contributed by atoms with van der Waals surface area (Å²) in [6.45, 7) is 4.33. The maximum Gasteiger partial charge on any atom is 0.326 e. The third-order valence-electron chi connectivity index (χ3n) is 2.99. The summed E-state index contributed by atoms with van der Waals surface area (Å²) in [5.74, 6) is 0.437. The molecule has 0 radical (unpaired) electrons. The van der Waals surface area contributed by atoms with E-state index in [4.69, 9.17) is 9.47 Å². The molecule has 5 nitrogen and oxygen atoms in total. The van der Waals surface area contributed by atoms with Crippen molar-refractivity contribution < 1.29 is 19.4 Å². The van der Waals surface area contributed by atoms with Gasteiger partial charge in [-0.2, -0.15) is 0 Å². The smallest absolute Gasteiger partial charge is 0.326 e. The van der Waals surface area contributed by atoms with E-state index in [1.807, 2.05) is 17.9 Å². The van der Waals surface area contributed by atoms with Crippen LogP contribution < -0.4 is 14.4 Å². The van der Waals surface area contributed by atoms with E-state index in [-0.39, 0.29) is 0 Å². The molecule has 0 aromatic heterocycles. The van der Waals surface area contributed by atoms with Gasteiger partial charge in [-0.3, -0.25) is 0 Å². The van der Waals surface area contributed by atoms with E-state index < -0.39 is 12.0 Å². The number of aliphatic carboxylic acids is 1. The molecule has 0 aliphatic rings. The van der Waals surface area contributed by atoms with Crippen molar-refractivity contribution in [2.24, 2.45) is 0 Å². The molecule has 0 fully saturated rings. The fourth-order valence-corrected chi connectivity index (χ4v) is 1.92. The molecule has 0 saturated heterocycles. The van der Waals surface area contributed by atoms with Crippen molar-refractivity contribution in [3.8, 4) is 11.5 Å². The monoisotopic (exact) mass is 267 g/mol. The average molecular weight is 267 g/mol. The van der Waals surface area contributed by atoms with Crippen LogP contribution in [0.2, 0.25) is 0 Å². The molecule has 0 aliphatic carbocycles. The molecule has 1 aromatic carbocycles. The predicted molar refractivity (Wildman–Crippen MR) is 74.3 cm³/mol. The van der Waals surface area contributed by atoms with E-state index in [2.05, 4.69) is 0 Å². The van der Waals surface area contributed by atoms with Gasteiger partial charge in [0.15, 0.2) is 0 Å². The Hall–Kier alpha value is -1.91. The first-order valence-corrected chi connectivity index (χ1v) is 6.26. The van der Waals surface area contributed by atoms with Crippen LogP contribution in [-0.4, -0.2) is 37.9 Å². The molecule has 0 bridgehead atoms. The quantitative estimate of drug-likeness (QED) is 0.822. The summed E-state index contributed by atoms with van der Waals surface area (Å²) in [6, 6.07) is 4.77. The van der Waals surface area contributed by atoms with Gasteiger partial charge in [-0.1, -0.05) is 6.92 Å². The number of carboxylic acids is 1. The summed E-state index contributed by atoms with van der Waals surface area (Å²) in [5, 5.41) is 9.20. The predicted octanol–water partition coefficient (Wildman–Crippen LogP) is 2.39. The number of rotatable bonds is 7. The fourth-order valence-electron chi connectivity index (χ4n) is 1.92. The standard InChI is InChI=1S/C14H21NO4/c1-5-8-15(10(2)14(16)17)12-7-6-11(18-3)9-13(12)19-4/h6-7,9-10H,5,8H2,1-4H3,(H,16,17)/t10-/m0/s1. The van der Waals surface area contributed by atoms with Gasteiger partial charge in [0.2, 0.25) is 0 Å². The van der Waals surface area contributed by atoms with Gasteiger partial charge in [0.25, 0.3) is 0 Å². The van der Waals surface area contributed by atoms with E-state index in [1.165, 1.54) is 0 Å². The third kappa shape index (κ3) is 3.53. The van der Waals surface area contributed by atoms with Gasteiger partial charge >= 0.3 is 5.97 Å². The Labute approximate surface area is 113 Å². The number of hydrogen-bond donors (Lipinski definition) is 1. The fraction of sp³-hybridized carbons (Fsp3) is 0.500. The molecule has 0 spiro atoms. The van der Waals surface area contributed by atoms with Crippen molar-refractivity contribution >= 4 is 11.7 Å². The van der Waals surface area contributed by atoms with Gasteiger partial charge in [-0.05, 0) is 25.5 Å². The van der Waals surface area contributed by atoms with Crippen LogP contribution in [0.25, 0.3) is 0 Å². The Bertz CT molecular complexity index is 433. The van der Waals surface area contributed by atoms with E-state index in [0.717, 1.165) is 12.1 Å². The first-order chi connectivity index (χ1) is 9.04. The Morgan fingerprint density at radius 3 is 2.53 bits per heavy atom. The SMILES string of the molecule is CCCN(c1ccc(OC)cc1OC)[C@@H](C)C(=O)O. The molecule has 1 rings (SSSR count). The largest absolute Gasteiger partial charge is 0.497 e. The number of methoxy groups -OCH3 is 2. The van der Waals surface area contributed by atoms with Gasteiger partial charge in [0.1, 0.15) is 17.5 Å². The third-order valence-corrected chi connectivity index (χ3v) is 2.99. The normalized spacial score (nSPS) is 11.8. The highest BCUT2D eigenvalue weighted by atomic mass is 16.5. The number of carboxylic acid groups (broad SMARTS) is 1. The zero-order valence-electron chi connectivity index (χ0n) is 11.8. The number of carbonyl (C=O) groups is 1. The molecule has 0 heterocycles. The number of nitrogens with zero attached hydrogens (tertiary/aromatic N) is 1. The molecule has 1 N–H and O–H groups in total. The molecule has 0 unspecified atom stereocenters. The minimum absolute atomic E-state index is 0.609. The summed E-state index contributed by atoms with van der Waals surface area (Å²) in [5.41, 5.74) is 0.764. The molecule has 5 heteroatoms. The molecule has 0 saturated carbocycles. The summed E-state index contributed by atoms with van der Waals surface area (Å²) < 4.78 is 10.5. The van der Waals surface area contributed by atoms with E-state index in [9.17, 15) is 9.90 Å². The molecular formula is C14H21NO4. The van der Waals surface area contributed by atoms with Gasteiger partial charge in [0.05, 0.1) is 19.9 Å². The van der Waals surface area contributed by atoms with Crippen molar-refractivity contribution in [1.29, 1.82) is 0 Å². The van der Waals surface area contributed by atoms with Crippen molar-refractivity contribution in [2.75, 3.05) is 25.7 Å². The molecule has 1 atom stereocenters. The first kappa shape index (κ1) is 15.1. The number of anilines is 1. The highest BCUT2D eigenvalue weighted by molar-refractivity contribution is 5.79. The zero-order valence-corrected chi connectivity index (χ0v) is 11.8. The molecule has 0 aliphatic heterocycles. The second kappa shape index (κ2) is 6.87. The summed E-state index contributed by atoms with van der Waals surface area (Å²) in [6.07, 6.45) is 0.854. The Morgan fingerprint density at radius 1 is 1.37 bits per heavy atom. The number of ether oxygens (including phenoxy) is 2. The number of hydrogen-bond acceptors (Lipinski definition) is 4. The second-order valence-electron chi connectivity index (χ2n) is 4.25. The van der Waals surface area contributed by atoms with Crippen LogP contribution >= 0.6 is 0 Å². The average Bonchev–Trinajstić information content (AvgIpc) is 2.43. The molecule has 106 valence electrons. The zero-order chi connectivity index (χ0) is 14.4. The van der Waals surface area contributed by atoms with Crippen LogP contribution in [0.15, 0.2) is 18.2 Å². The summed E-state index contributed by atoms with van der Waals surface area (Å²) >= 11 is 0. The van der Waals surface area contributed by atoms with Crippen LogP contribution in [0.4, 0.5) is 5.69 Å². The lowest BCUT2D eigenvalue weighted by molar-refractivity contribution is -0.138. The van der Waals surface area contributed by atoms with E-state index >= 15 is 0 Å². The highest BCUT2D eigenvalue weighted by Crippen LogP contribution is 2.33. The summed E-state index contributed by atoms with van der Waals surface area (Å²) in [7, 11) is 3.14. The van der Waals surface area contributed by atoms with Crippen LogP contribution in [0, 0.1) is 0 Å². The van der Waals surface area contributed by atoms with Crippen LogP contribution in [0.5, 0.6) is 11.5 Å². The van der Waals surface area contributed by atoms with Gasteiger partial charge in [-0.25, -0.2) is 4.79 Å². The van der Waals surface area contributed by atoms with Crippen molar-refractivity contribution in [2.45, 2.75) is 26.3 Å². The Kier molecular flexibility index (Phi) is 5.48. The van der Waals surface area contributed by atoms with E-state index in [1.54, 1.807) is 33.3 Å². The second-order valence-corrected chi connectivity index (χ2v) is 4.25. The lowest BCUT2D eigenvalue weighted by Gasteiger charge is -2.29. The van der Waals surface area contributed by atoms with Crippen molar-refractivity contribution in [3.05, 3.63) is 18.2 Å². The topological polar surface area (TPSA) is 59.0 Å². The molecular weight excluding hydrogens is 246 g/mol. The van der Waals surface area contributed by atoms with Gasteiger partial charge in [0, 0.05) is 12.6 Å². The lowest BCUT2D eigenvalue weighted by Crippen LogP contribution is -2.39. The van der Waals surface area contributed by atoms with Crippen LogP contribution in [0.3, 0.4) is 0 Å². The van der Waals surface area contributed by atoms with Crippen LogP contribution in [0.1, 0.15) is 20.3 Å². The Balaban J connectivity index is 3.17. The minimum Gasteiger partial charge on any atom is -0.497 e. The Morgan fingerprint density at radius 2 is 2.05 bits per heavy atom. The number of benzene rings is 1. The van der Waals surface area contributed by atoms with Crippen molar-refractivity contribution in [3.63, 3.8) is 0 Å².